The van der Waals surface area contributed by atoms with Crippen molar-refractivity contribution in [3.63, 3.8) is 0 Å². The smallest absolute Gasteiger partial charge is 0.328 e. The Bertz CT molecular complexity index is 1350. The molecule has 2 amide bonds. The fraction of sp³-hybridized carbons (Fsp3) is 0.625. The Morgan fingerprint density at radius 2 is 1.95 bits per heavy atom. The van der Waals surface area contributed by atoms with Crippen molar-refractivity contribution in [2.45, 2.75) is 77.5 Å². The van der Waals surface area contributed by atoms with E-state index in [9.17, 15) is 10.1 Å². The molecule has 2 aromatic rings. The largest absolute Gasteiger partial charge is 0.492 e. The topological polar surface area (TPSA) is 122 Å². The van der Waals surface area contributed by atoms with E-state index in [1.54, 1.807) is 25.2 Å². The number of hydrogen-bond acceptors (Lipinski definition) is 9. The van der Waals surface area contributed by atoms with E-state index in [2.05, 4.69) is 68.2 Å². The fourth-order valence-corrected chi connectivity index (χ4v) is 6.32. The summed E-state index contributed by atoms with van der Waals surface area (Å²) in [4.78, 5) is 26.8. The quantitative estimate of drug-likeness (QED) is 0.256. The average molecular weight is 625 g/mol. The molecule has 4 rings (SSSR count). The fourth-order valence-electron chi connectivity index (χ4n) is 5.37. The number of fused-ring (bicyclic) bond motifs is 1. The second kappa shape index (κ2) is 14.3. The molecule has 1 fully saturated rings. The number of aromatic nitrogens is 2. The third kappa shape index (κ3) is 7.95. The van der Waals surface area contributed by atoms with Gasteiger partial charge in [0.25, 0.3) is 0 Å². The minimum Gasteiger partial charge on any atom is -0.492 e. The Hall–Kier alpha value is -3.08. The van der Waals surface area contributed by atoms with E-state index < -0.39 is 14.6 Å². The van der Waals surface area contributed by atoms with Gasteiger partial charge < -0.3 is 23.5 Å². The number of urea groups is 1. The number of hydrogen-bond donors (Lipinski definition) is 1. The summed E-state index contributed by atoms with van der Waals surface area (Å²) >= 11 is 0. The van der Waals surface area contributed by atoms with Gasteiger partial charge >= 0.3 is 6.03 Å². The zero-order chi connectivity index (χ0) is 32.1. The molecule has 1 saturated heterocycles. The Morgan fingerprint density at radius 3 is 2.61 bits per heavy atom. The standard InChI is InChI=1S/C32H48N6O5Si/c1-32(2,3)44(7,8)43-21-24-15-23-12-10-14-38(29(23)36-28(24)30(40-5)41-6)31(39)35-27-16-26(25(17-33)18-34-27)42-20-22-11-9-13-37(4)19-22/h15-16,18,22,30H,9-14,19-21H2,1-8H3,(H,34,35,39). The zero-order valence-corrected chi connectivity index (χ0v) is 28.5. The van der Waals surface area contributed by atoms with Gasteiger partial charge in [-0.15, -0.1) is 0 Å². The number of nitrogens with zero attached hydrogens (tertiary/aromatic N) is 5. The number of piperidine rings is 1. The molecule has 1 unspecified atom stereocenters. The lowest BCUT2D eigenvalue weighted by Gasteiger charge is -2.36. The summed E-state index contributed by atoms with van der Waals surface area (Å²) in [5, 5.41) is 12.6. The lowest BCUT2D eigenvalue weighted by molar-refractivity contribution is -0.109. The van der Waals surface area contributed by atoms with Gasteiger partial charge in [-0.2, -0.15) is 5.26 Å². The maximum absolute atomic E-state index is 13.7. The summed E-state index contributed by atoms with van der Waals surface area (Å²) < 4.78 is 23.9. The Balaban J connectivity index is 1.56. The van der Waals surface area contributed by atoms with Crippen molar-refractivity contribution >= 4 is 26.0 Å². The van der Waals surface area contributed by atoms with Crippen LogP contribution in [0.2, 0.25) is 18.1 Å². The van der Waals surface area contributed by atoms with Gasteiger partial charge in [0.1, 0.15) is 34.7 Å². The molecule has 2 aliphatic heterocycles. The molecule has 0 bridgehead atoms. The number of anilines is 2. The minimum atomic E-state index is -2.03. The molecule has 1 atom stereocenters. The maximum atomic E-state index is 13.7. The Morgan fingerprint density at radius 1 is 1.20 bits per heavy atom. The third-order valence-corrected chi connectivity index (χ3v) is 13.5. The number of carbonyl (C=O) groups excluding carboxylic acids is 1. The van der Waals surface area contributed by atoms with Crippen LogP contribution in [-0.4, -0.2) is 76.7 Å². The molecule has 2 aromatic heterocycles. The zero-order valence-electron chi connectivity index (χ0n) is 27.5. The van der Waals surface area contributed by atoms with Crippen LogP contribution in [0.15, 0.2) is 18.3 Å². The first-order valence-corrected chi connectivity index (χ1v) is 18.3. The monoisotopic (exact) mass is 624 g/mol. The van der Waals surface area contributed by atoms with E-state index >= 15 is 0 Å². The van der Waals surface area contributed by atoms with Crippen LogP contribution in [0.25, 0.3) is 0 Å². The highest BCUT2D eigenvalue weighted by atomic mass is 28.4. The van der Waals surface area contributed by atoms with Crippen molar-refractivity contribution in [2.75, 3.05) is 57.7 Å². The number of rotatable bonds is 10. The van der Waals surface area contributed by atoms with Crippen molar-refractivity contribution in [1.29, 1.82) is 5.26 Å². The number of likely N-dealkylation sites (tertiary alicyclic amines) is 1. The molecule has 11 nitrogen and oxygen atoms in total. The second-order valence-corrected chi connectivity index (χ2v) is 18.1. The molecule has 240 valence electrons. The lowest BCUT2D eigenvalue weighted by Crippen LogP contribution is -2.41. The number of methoxy groups -OCH3 is 2. The van der Waals surface area contributed by atoms with Gasteiger partial charge in [-0.05, 0) is 69.0 Å². The summed E-state index contributed by atoms with van der Waals surface area (Å²) in [6.45, 7) is 14.5. The lowest BCUT2D eigenvalue weighted by atomic mass is 9.99. The van der Waals surface area contributed by atoms with E-state index in [1.807, 2.05) is 0 Å². The van der Waals surface area contributed by atoms with Gasteiger partial charge in [-0.25, -0.2) is 14.8 Å². The van der Waals surface area contributed by atoms with Gasteiger partial charge in [0.15, 0.2) is 8.32 Å². The predicted molar refractivity (Wildman–Crippen MR) is 172 cm³/mol. The van der Waals surface area contributed by atoms with E-state index in [0.717, 1.165) is 49.9 Å². The van der Waals surface area contributed by atoms with E-state index in [1.165, 1.54) is 6.20 Å². The number of ether oxygens (including phenoxy) is 3. The normalized spacial score (nSPS) is 17.7. The first-order valence-electron chi connectivity index (χ1n) is 15.4. The van der Waals surface area contributed by atoms with Crippen LogP contribution in [0.3, 0.4) is 0 Å². The molecule has 0 aliphatic carbocycles. The Labute approximate surface area is 263 Å². The van der Waals surface area contributed by atoms with Crippen LogP contribution < -0.4 is 15.0 Å². The van der Waals surface area contributed by atoms with Crippen LogP contribution >= 0.6 is 0 Å². The maximum Gasteiger partial charge on any atom is 0.328 e. The first kappa shape index (κ1) is 33.8. The second-order valence-electron chi connectivity index (χ2n) is 13.3. The van der Waals surface area contributed by atoms with Gasteiger partial charge in [0.2, 0.25) is 6.29 Å². The molecule has 0 spiro atoms. The average Bonchev–Trinajstić information content (AvgIpc) is 2.98. The number of pyridine rings is 2. The van der Waals surface area contributed by atoms with E-state index in [4.69, 9.17) is 23.6 Å². The highest BCUT2D eigenvalue weighted by Gasteiger charge is 2.38. The predicted octanol–water partition coefficient (Wildman–Crippen LogP) is 5.87. The summed E-state index contributed by atoms with van der Waals surface area (Å²) in [5.74, 6) is 1.67. The highest BCUT2D eigenvalue weighted by Crippen LogP contribution is 2.38. The summed E-state index contributed by atoms with van der Waals surface area (Å²) in [5.41, 5.74) is 2.78. The molecule has 4 heterocycles. The van der Waals surface area contributed by atoms with Crippen molar-refractivity contribution < 1.29 is 23.4 Å². The Kier molecular flexibility index (Phi) is 11.0. The summed E-state index contributed by atoms with van der Waals surface area (Å²) in [6, 6.07) is 5.48. The molecular formula is C32H48N6O5Si. The number of amides is 2. The number of aryl methyl sites for hydroxylation is 1. The SMILES string of the molecule is COC(OC)c1nc2c(cc1CO[Si](C)(C)C(C)(C)C)CCCN2C(=O)Nc1cc(OCC2CCCN(C)C2)c(C#N)cn1. The first-order chi connectivity index (χ1) is 20.9. The van der Waals surface area contributed by atoms with Crippen LogP contribution in [0, 0.1) is 17.2 Å². The van der Waals surface area contributed by atoms with Crippen LogP contribution in [0.5, 0.6) is 5.75 Å². The number of nitrogens with one attached hydrogen (secondary N) is 1. The van der Waals surface area contributed by atoms with Crippen molar-refractivity contribution in [1.82, 2.24) is 14.9 Å². The molecule has 0 aromatic carbocycles. The van der Waals surface area contributed by atoms with E-state index in [0.29, 0.717) is 54.3 Å². The van der Waals surface area contributed by atoms with Gasteiger partial charge in [-0.1, -0.05) is 20.8 Å². The summed E-state index contributed by atoms with van der Waals surface area (Å²) in [6.07, 6.45) is 4.51. The van der Waals surface area contributed by atoms with Gasteiger partial charge in [-0.3, -0.25) is 10.2 Å². The van der Waals surface area contributed by atoms with Gasteiger partial charge in [0.05, 0.1) is 19.4 Å². The molecule has 1 N–H and O–H groups in total. The van der Waals surface area contributed by atoms with Gasteiger partial charge in [0, 0.05) is 44.9 Å². The van der Waals surface area contributed by atoms with E-state index in [-0.39, 0.29) is 11.1 Å². The highest BCUT2D eigenvalue weighted by molar-refractivity contribution is 6.74. The molecule has 0 radical (unpaired) electrons. The number of carbonyl (C=O) groups is 1. The van der Waals surface area contributed by atoms with Crippen molar-refractivity contribution in [3.8, 4) is 11.8 Å². The summed E-state index contributed by atoms with van der Waals surface area (Å²) in [7, 11) is 3.22. The molecule has 2 aliphatic rings. The van der Waals surface area contributed by atoms with Crippen LogP contribution in [-0.2, 0) is 26.9 Å². The van der Waals surface area contributed by atoms with Crippen molar-refractivity contribution in [2.24, 2.45) is 5.92 Å². The molecule has 44 heavy (non-hydrogen) atoms. The van der Waals surface area contributed by atoms with Crippen LogP contribution in [0.1, 0.15) is 68.7 Å². The molecular weight excluding hydrogens is 576 g/mol. The van der Waals surface area contributed by atoms with Crippen molar-refractivity contribution in [3.05, 3.63) is 40.7 Å². The molecule has 12 heteroatoms. The third-order valence-electron chi connectivity index (χ3n) is 8.98. The minimum absolute atomic E-state index is 0.0581. The number of nitriles is 1. The molecule has 0 saturated carbocycles. The van der Waals surface area contributed by atoms with Crippen LogP contribution in [0.4, 0.5) is 16.4 Å².